The zero-order chi connectivity index (χ0) is 16.7. The van der Waals surface area contributed by atoms with Crippen molar-refractivity contribution in [2.24, 2.45) is 0 Å². The maximum atomic E-state index is 12.8. The molecule has 2 aliphatic rings. The average Bonchev–Trinajstić information content (AvgIpc) is 2.60. The van der Waals surface area contributed by atoms with Gasteiger partial charge in [0.2, 0.25) is 0 Å². The van der Waals surface area contributed by atoms with Crippen LogP contribution in [0, 0.1) is 0 Å². The highest BCUT2D eigenvalue weighted by Gasteiger charge is 2.34. The Kier molecular flexibility index (Phi) is 4.79. The van der Waals surface area contributed by atoms with E-state index in [1.165, 1.54) is 12.1 Å². The second-order valence-corrected chi connectivity index (χ2v) is 6.05. The summed E-state index contributed by atoms with van der Waals surface area (Å²) in [6.07, 6.45) is -2.56. The van der Waals surface area contributed by atoms with Gasteiger partial charge < -0.3 is 15.1 Å². The second kappa shape index (κ2) is 6.72. The van der Waals surface area contributed by atoms with E-state index in [0.29, 0.717) is 0 Å². The zero-order valence-corrected chi connectivity index (χ0v) is 14.1. The fourth-order valence-electron chi connectivity index (χ4n) is 3.41. The zero-order valence-electron chi connectivity index (χ0n) is 13.3. The van der Waals surface area contributed by atoms with Crippen molar-refractivity contribution in [2.75, 3.05) is 36.0 Å². The molecule has 0 saturated carbocycles. The summed E-state index contributed by atoms with van der Waals surface area (Å²) in [5.74, 6) is 0.898. The van der Waals surface area contributed by atoms with Crippen LogP contribution in [0.2, 0.25) is 0 Å². The van der Waals surface area contributed by atoms with E-state index in [1.807, 2.05) is 12.1 Å². The first kappa shape index (κ1) is 17.8. The van der Waals surface area contributed by atoms with Crippen molar-refractivity contribution in [1.82, 2.24) is 10.3 Å². The minimum Gasteiger partial charge on any atom is -0.348 e. The Morgan fingerprint density at radius 1 is 1.12 bits per heavy atom. The lowest BCUT2D eigenvalue weighted by Crippen LogP contribution is -2.58. The Balaban J connectivity index is 0.00000182. The fraction of sp³-hybridized carbons (Fsp3) is 0.353. The van der Waals surface area contributed by atoms with Gasteiger partial charge in [-0.25, -0.2) is 4.98 Å². The highest BCUT2D eigenvalue weighted by atomic mass is 35.5. The number of fused-ring (bicyclic) bond motifs is 3. The van der Waals surface area contributed by atoms with Crippen molar-refractivity contribution < 1.29 is 13.2 Å². The van der Waals surface area contributed by atoms with Crippen molar-refractivity contribution >= 4 is 29.6 Å². The van der Waals surface area contributed by atoms with Gasteiger partial charge in [0, 0.05) is 38.1 Å². The summed E-state index contributed by atoms with van der Waals surface area (Å²) in [5, 5.41) is 3.37. The van der Waals surface area contributed by atoms with Crippen LogP contribution in [-0.2, 0) is 6.18 Å². The molecule has 2 aliphatic heterocycles. The molecule has 0 aliphatic carbocycles. The fourth-order valence-corrected chi connectivity index (χ4v) is 3.41. The van der Waals surface area contributed by atoms with E-state index >= 15 is 0 Å². The Hall–Kier alpha value is -1.99. The summed E-state index contributed by atoms with van der Waals surface area (Å²) in [5.41, 5.74) is 1.06. The van der Waals surface area contributed by atoms with Crippen molar-refractivity contribution in [3.8, 4) is 0 Å². The lowest BCUT2D eigenvalue weighted by atomic mass is 10.1. The van der Waals surface area contributed by atoms with Gasteiger partial charge in [-0.15, -0.1) is 12.4 Å². The number of rotatable bonds is 1. The van der Waals surface area contributed by atoms with E-state index in [1.54, 1.807) is 6.20 Å². The number of halogens is 4. The average molecular weight is 371 g/mol. The number of nitrogens with zero attached hydrogens (tertiary/aromatic N) is 3. The number of nitrogens with one attached hydrogen (secondary N) is 1. The van der Waals surface area contributed by atoms with Crippen LogP contribution >= 0.6 is 12.4 Å². The Bertz CT molecular complexity index is 735. The molecule has 4 rings (SSSR count). The highest BCUT2D eigenvalue weighted by Crippen LogP contribution is 2.39. The smallest absolute Gasteiger partial charge is 0.348 e. The SMILES string of the molecule is Cl.FC(F)(F)c1ccc(N2CC3CNCCN3c3ncccc32)cc1. The number of piperazine rings is 1. The highest BCUT2D eigenvalue weighted by molar-refractivity contribution is 5.85. The summed E-state index contributed by atoms with van der Waals surface area (Å²) < 4.78 is 38.4. The van der Waals surface area contributed by atoms with Crippen LogP contribution in [0.4, 0.5) is 30.4 Å². The maximum Gasteiger partial charge on any atom is 0.416 e. The van der Waals surface area contributed by atoms with Gasteiger partial charge in [0.1, 0.15) is 0 Å². The van der Waals surface area contributed by atoms with Gasteiger partial charge in [-0.1, -0.05) is 0 Å². The number of aromatic nitrogens is 1. The summed E-state index contributed by atoms with van der Waals surface area (Å²) in [6.45, 7) is 3.35. The van der Waals surface area contributed by atoms with Crippen LogP contribution in [0.1, 0.15) is 5.56 Å². The Morgan fingerprint density at radius 3 is 2.60 bits per heavy atom. The van der Waals surface area contributed by atoms with E-state index in [-0.39, 0.29) is 18.4 Å². The molecule has 0 amide bonds. The first-order valence-electron chi connectivity index (χ1n) is 7.91. The van der Waals surface area contributed by atoms with E-state index in [0.717, 1.165) is 55.5 Å². The van der Waals surface area contributed by atoms with Gasteiger partial charge in [-0.3, -0.25) is 0 Å². The molecule has 2 aromatic rings. The molecule has 1 unspecified atom stereocenters. The number of hydrogen-bond acceptors (Lipinski definition) is 4. The number of alkyl halides is 3. The van der Waals surface area contributed by atoms with Crippen molar-refractivity contribution in [1.29, 1.82) is 0 Å². The molecule has 1 aromatic carbocycles. The van der Waals surface area contributed by atoms with E-state index in [4.69, 9.17) is 0 Å². The number of benzene rings is 1. The monoisotopic (exact) mass is 370 g/mol. The van der Waals surface area contributed by atoms with Crippen LogP contribution in [0.15, 0.2) is 42.6 Å². The van der Waals surface area contributed by atoms with Crippen LogP contribution in [0.3, 0.4) is 0 Å². The molecular formula is C17H18ClF3N4. The quantitative estimate of drug-likeness (QED) is 0.833. The molecule has 0 radical (unpaired) electrons. The van der Waals surface area contributed by atoms with Crippen molar-refractivity contribution in [3.63, 3.8) is 0 Å². The molecule has 8 heteroatoms. The number of hydrogen-bond donors (Lipinski definition) is 1. The van der Waals surface area contributed by atoms with Gasteiger partial charge >= 0.3 is 6.18 Å². The third-order valence-electron chi connectivity index (χ3n) is 4.58. The molecule has 134 valence electrons. The van der Waals surface area contributed by atoms with Gasteiger partial charge in [0.15, 0.2) is 5.82 Å². The van der Waals surface area contributed by atoms with Crippen LogP contribution in [0.25, 0.3) is 0 Å². The summed E-state index contributed by atoms with van der Waals surface area (Å²) in [4.78, 5) is 8.85. The minimum atomic E-state index is -4.32. The normalized spacial score (nSPS) is 19.7. The van der Waals surface area contributed by atoms with E-state index in [2.05, 4.69) is 20.1 Å². The molecule has 1 fully saturated rings. The summed E-state index contributed by atoms with van der Waals surface area (Å²) in [6, 6.07) is 9.42. The molecule has 1 aromatic heterocycles. The molecule has 4 nitrogen and oxygen atoms in total. The minimum absolute atomic E-state index is 0. The predicted molar refractivity (Wildman–Crippen MR) is 93.9 cm³/mol. The van der Waals surface area contributed by atoms with Gasteiger partial charge in [0.25, 0.3) is 0 Å². The van der Waals surface area contributed by atoms with Crippen molar-refractivity contribution in [2.45, 2.75) is 12.2 Å². The van der Waals surface area contributed by atoms with Crippen LogP contribution in [0.5, 0.6) is 0 Å². The third-order valence-corrected chi connectivity index (χ3v) is 4.58. The number of pyridine rings is 1. The Morgan fingerprint density at radius 2 is 1.88 bits per heavy atom. The maximum absolute atomic E-state index is 12.8. The van der Waals surface area contributed by atoms with Crippen LogP contribution < -0.4 is 15.1 Å². The number of anilines is 3. The largest absolute Gasteiger partial charge is 0.416 e. The first-order valence-corrected chi connectivity index (χ1v) is 7.91. The van der Waals surface area contributed by atoms with Gasteiger partial charge in [-0.05, 0) is 36.4 Å². The molecule has 0 spiro atoms. The molecule has 0 bridgehead atoms. The predicted octanol–water partition coefficient (Wildman–Crippen LogP) is 3.45. The lowest BCUT2D eigenvalue weighted by Gasteiger charge is -2.46. The Labute approximate surface area is 150 Å². The van der Waals surface area contributed by atoms with Crippen LogP contribution in [-0.4, -0.2) is 37.2 Å². The lowest BCUT2D eigenvalue weighted by molar-refractivity contribution is -0.137. The molecule has 1 saturated heterocycles. The first-order chi connectivity index (χ1) is 11.5. The van der Waals surface area contributed by atoms with E-state index in [9.17, 15) is 13.2 Å². The molecule has 1 atom stereocenters. The topological polar surface area (TPSA) is 31.4 Å². The molecular weight excluding hydrogens is 353 g/mol. The molecule has 3 heterocycles. The molecule has 25 heavy (non-hydrogen) atoms. The summed E-state index contributed by atoms with van der Waals surface area (Å²) in [7, 11) is 0. The summed E-state index contributed by atoms with van der Waals surface area (Å²) >= 11 is 0. The van der Waals surface area contributed by atoms with Gasteiger partial charge in [0.05, 0.1) is 17.3 Å². The standard InChI is InChI=1S/C17H17F3N4.ClH/c18-17(19,20)12-3-5-13(6-4-12)24-11-14-10-21-8-9-23(14)16-15(24)2-1-7-22-16;/h1-7,14,21H,8-11H2;1H. The second-order valence-electron chi connectivity index (χ2n) is 6.05. The van der Waals surface area contributed by atoms with E-state index < -0.39 is 11.7 Å². The molecule has 1 N–H and O–H groups in total. The van der Waals surface area contributed by atoms with Crippen molar-refractivity contribution in [3.05, 3.63) is 48.2 Å². The van der Waals surface area contributed by atoms with Gasteiger partial charge in [-0.2, -0.15) is 13.2 Å². The third kappa shape index (κ3) is 3.26.